The summed E-state index contributed by atoms with van der Waals surface area (Å²) in [6, 6.07) is 4.38. The van der Waals surface area contributed by atoms with Crippen LogP contribution in [-0.2, 0) is 19.4 Å². The van der Waals surface area contributed by atoms with Crippen LogP contribution in [0.5, 0.6) is 5.75 Å². The molecule has 0 aliphatic heterocycles. The molecule has 0 unspecified atom stereocenters. The van der Waals surface area contributed by atoms with E-state index in [1.165, 1.54) is 37.1 Å². The van der Waals surface area contributed by atoms with Gasteiger partial charge in [0.1, 0.15) is 5.75 Å². The van der Waals surface area contributed by atoms with E-state index in [4.69, 9.17) is 0 Å². The highest BCUT2D eigenvalue weighted by molar-refractivity contribution is 5.45. The van der Waals surface area contributed by atoms with Gasteiger partial charge in [-0.2, -0.15) is 0 Å². The predicted molar refractivity (Wildman–Crippen MR) is 82.0 cm³/mol. The SMILES string of the molecule is CCCN(CCC)[C@H]1CCc2c(ccc(O)c2CO)C1. The van der Waals surface area contributed by atoms with Crippen molar-refractivity contribution in [2.45, 2.75) is 58.6 Å². The largest absolute Gasteiger partial charge is 0.508 e. The second-order valence-electron chi connectivity index (χ2n) is 5.79. The molecule has 1 atom stereocenters. The summed E-state index contributed by atoms with van der Waals surface area (Å²) in [7, 11) is 0. The number of hydrogen-bond acceptors (Lipinski definition) is 3. The van der Waals surface area contributed by atoms with Crippen molar-refractivity contribution in [3.63, 3.8) is 0 Å². The van der Waals surface area contributed by atoms with E-state index in [2.05, 4.69) is 18.7 Å². The van der Waals surface area contributed by atoms with Crippen LogP contribution in [-0.4, -0.2) is 34.2 Å². The van der Waals surface area contributed by atoms with Gasteiger partial charge >= 0.3 is 0 Å². The van der Waals surface area contributed by atoms with Gasteiger partial charge in [0, 0.05) is 11.6 Å². The van der Waals surface area contributed by atoms with E-state index in [1.54, 1.807) is 6.07 Å². The molecule has 0 bridgehead atoms. The summed E-state index contributed by atoms with van der Waals surface area (Å²) in [6.45, 7) is 6.74. The topological polar surface area (TPSA) is 43.7 Å². The van der Waals surface area contributed by atoms with Crippen LogP contribution in [0.4, 0.5) is 0 Å². The molecular weight excluding hydrogens is 250 g/mol. The Hall–Kier alpha value is -1.06. The van der Waals surface area contributed by atoms with E-state index in [0.29, 0.717) is 6.04 Å². The highest BCUT2D eigenvalue weighted by Crippen LogP contribution is 2.32. The normalized spacial score (nSPS) is 18.3. The van der Waals surface area contributed by atoms with Gasteiger partial charge in [-0.15, -0.1) is 0 Å². The first-order valence-corrected chi connectivity index (χ1v) is 7.88. The van der Waals surface area contributed by atoms with Gasteiger partial charge in [-0.05, 0) is 62.4 Å². The van der Waals surface area contributed by atoms with Crippen molar-refractivity contribution in [2.75, 3.05) is 13.1 Å². The number of aliphatic hydroxyl groups is 1. The predicted octanol–water partition coefficient (Wildman–Crippen LogP) is 2.86. The Kier molecular flexibility index (Phi) is 5.44. The molecular formula is C17H27NO2. The number of aliphatic hydroxyl groups excluding tert-OH is 1. The zero-order chi connectivity index (χ0) is 14.5. The lowest BCUT2D eigenvalue weighted by atomic mass is 9.84. The van der Waals surface area contributed by atoms with E-state index in [1.807, 2.05) is 6.07 Å². The van der Waals surface area contributed by atoms with Crippen LogP contribution in [0.25, 0.3) is 0 Å². The molecule has 0 saturated heterocycles. The van der Waals surface area contributed by atoms with Gasteiger partial charge in [-0.3, -0.25) is 0 Å². The van der Waals surface area contributed by atoms with Gasteiger partial charge in [0.25, 0.3) is 0 Å². The number of rotatable bonds is 6. The van der Waals surface area contributed by atoms with Crippen molar-refractivity contribution >= 4 is 0 Å². The highest BCUT2D eigenvalue weighted by Gasteiger charge is 2.25. The van der Waals surface area contributed by atoms with Gasteiger partial charge in [-0.1, -0.05) is 19.9 Å². The molecule has 0 fully saturated rings. The molecule has 3 nitrogen and oxygen atoms in total. The molecule has 0 amide bonds. The van der Waals surface area contributed by atoms with Crippen LogP contribution < -0.4 is 0 Å². The standard InChI is InChI=1S/C17H27NO2/c1-3-9-18(10-4-2)14-6-7-15-13(11-14)5-8-17(20)16(15)12-19/h5,8,14,19-20H,3-4,6-7,9-12H2,1-2H3/t14-/m0/s1. The molecule has 0 saturated carbocycles. The lowest BCUT2D eigenvalue weighted by Gasteiger charge is -2.35. The minimum Gasteiger partial charge on any atom is -0.508 e. The van der Waals surface area contributed by atoms with Crippen molar-refractivity contribution in [3.05, 3.63) is 28.8 Å². The van der Waals surface area contributed by atoms with Crippen molar-refractivity contribution in [1.82, 2.24) is 4.90 Å². The zero-order valence-corrected chi connectivity index (χ0v) is 12.7. The number of benzene rings is 1. The minimum atomic E-state index is -0.0622. The summed E-state index contributed by atoms with van der Waals surface area (Å²) >= 11 is 0. The fraction of sp³-hybridized carbons (Fsp3) is 0.647. The fourth-order valence-corrected chi connectivity index (χ4v) is 3.44. The van der Waals surface area contributed by atoms with Crippen LogP contribution in [0.3, 0.4) is 0 Å². The summed E-state index contributed by atoms with van der Waals surface area (Å²) < 4.78 is 0. The van der Waals surface area contributed by atoms with Crippen LogP contribution >= 0.6 is 0 Å². The van der Waals surface area contributed by atoms with Gasteiger partial charge in [-0.25, -0.2) is 0 Å². The number of fused-ring (bicyclic) bond motifs is 1. The fourth-order valence-electron chi connectivity index (χ4n) is 3.44. The molecule has 2 rings (SSSR count). The van der Waals surface area contributed by atoms with Crippen molar-refractivity contribution in [1.29, 1.82) is 0 Å². The molecule has 0 radical (unpaired) electrons. The highest BCUT2D eigenvalue weighted by atomic mass is 16.3. The van der Waals surface area contributed by atoms with E-state index in [-0.39, 0.29) is 12.4 Å². The van der Waals surface area contributed by atoms with Crippen LogP contribution in [0, 0.1) is 0 Å². The Balaban J connectivity index is 2.18. The summed E-state index contributed by atoms with van der Waals surface area (Å²) in [6.07, 6.45) is 5.53. The lowest BCUT2D eigenvalue weighted by Crippen LogP contribution is -2.40. The Morgan fingerprint density at radius 3 is 2.50 bits per heavy atom. The van der Waals surface area contributed by atoms with Gasteiger partial charge in [0.2, 0.25) is 0 Å². The monoisotopic (exact) mass is 277 g/mol. The van der Waals surface area contributed by atoms with Gasteiger partial charge in [0.15, 0.2) is 0 Å². The molecule has 0 aromatic heterocycles. The third kappa shape index (κ3) is 3.15. The molecule has 3 heteroatoms. The van der Waals surface area contributed by atoms with E-state index in [9.17, 15) is 10.2 Å². The number of phenols is 1. The third-order valence-corrected chi connectivity index (χ3v) is 4.38. The van der Waals surface area contributed by atoms with E-state index < -0.39 is 0 Å². The Morgan fingerprint density at radius 1 is 1.20 bits per heavy atom. The Bertz CT molecular complexity index is 439. The van der Waals surface area contributed by atoms with Gasteiger partial charge < -0.3 is 15.1 Å². The van der Waals surface area contributed by atoms with Crippen molar-refractivity contribution < 1.29 is 10.2 Å². The molecule has 0 spiro atoms. The lowest BCUT2D eigenvalue weighted by molar-refractivity contribution is 0.179. The summed E-state index contributed by atoms with van der Waals surface area (Å²) in [5.74, 6) is 0.240. The number of hydrogen-bond donors (Lipinski definition) is 2. The Labute approximate surface area is 122 Å². The smallest absolute Gasteiger partial charge is 0.121 e. The average molecular weight is 277 g/mol. The van der Waals surface area contributed by atoms with E-state index >= 15 is 0 Å². The zero-order valence-electron chi connectivity index (χ0n) is 12.7. The third-order valence-electron chi connectivity index (χ3n) is 4.38. The molecule has 1 aromatic carbocycles. The van der Waals surface area contributed by atoms with E-state index in [0.717, 1.165) is 24.8 Å². The summed E-state index contributed by atoms with van der Waals surface area (Å²) in [5.41, 5.74) is 3.22. The average Bonchev–Trinajstić information content (AvgIpc) is 2.46. The van der Waals surface area contributed by atoms with Crippen molar-refractivity contribution in [2.24, 2.45) is 0 Å². The first kappa shape index (κ1) is 15.3. The molecule has 1 aromatic rings. The molecule has 0 heterocycles. The molecule has 112 valence electrons. The molecule has 1 aliphatic rings. The first-order valence-electron chi connectivity index (χ1n) is 7.88. The maximum Gasteiger partial charge on any atom is 0.121 e. The first-order chi connectivity index (χ1) is 9.71. The maximum absolute atomic E-state index is 9.84. The van der Waals surface area contributed by atoms with Crippen LogP contribution in [0.1, 0.15) is 49.8 Å². The molecule has 2 N–H and O–H groups in total. The van der Waals surface area contributed by atoms with Crippen LogP contribution in [0.2, 0.25) is 0 Å². The summed E-state index contributed by atoms with van der Waals surface area (Å²) in [5, 5.41) is 19.3. The summed E-state index contributed by atoms with van der Waals surface area (Å²) in [4.78, 5) is 2.61. The number of nitrogens with zero attached hydrogens (tertiary/aromatic N) is 1. The molecule has 20 heavy (non-hydrogen) atoms. The Morgan fingerprint density at radius 2 is 1.90 bits per heavy atom. The molecule has 1 aliphatic carbocycles. The van der Waals surface area contributed by atoms with Crippen LogP contribution in [0.15, 0.2) is 12.1 Å². The maximum atomic E-state index is 9.84. The van der Waals surface area contributed by atoms with Crippen molar-refractivity contribution in [3.8, 4) is 5.75 Å². The number of aromatic hydroxyl groups is 1. The quantitative estimate of drug-likeness (QED) is 0.840. The second kappa shape index (κ2) is 7.09. The minimum absolute atomic E-state index is 0.0622. The second-order valence-corrected chi connectivity index (χ2v) is 5.79. The van der Waals surface area contributed by atoms with Gasteiger partial charge in [0.05, 0.1) is 6.61 Å².